The van der Waals surface area contributed by atoms with Crippen LogP contribution in [-0.2, 0) is 28.9 Å². The minimum absolute atomic E-state index is 0.0128. The summed E-state index contributed by atoms with van der Waals surface area (Å²) in [5.74, 6) is -0.170. The first-order valence-electron chi connectivity index (χ1n) is 8.74. The van der Waals surface area contributed by atoms with Crippen LogP contribution in [-0.4, -0.2) is 47.9 Å². The topological polar surface area (TPSA) is 85.2 Å². The summed E-state index contributed by atoms with van der Waals surface area (Å²) in [5, 5.41) is 10.1. The predicted molar refractivity (Wildman–Crippen MR) is 97.0 cm³/mol. The van der Waals surface area contributed by atoms with Crippen molar-refractivity contribution in [2.45, 2.75) is 32.4 Å². The third kappa shape index (κ3) is 4.11. The number of hydrogen-bond donors (Lipinski definition) is 2. The van der Waals surface area contributed by atoms with Crippen LogP contribution in [0.2, 0.25) is 0 Å². The zero-order chi connectivity index (χ0) is 18.5. The normalized spacial score (nSPS) is 15.5. The fourth-order valence-corrected chi connectivity index (χ4v) is 3.20. The van der Waals surface area contributed by atoms with E-state index in [2.05, 4.69) is 15.7 Å². The molecule has 1 atom stereocenters. The van der Waals surface area contributed by atoms with Gasteiger partial charge in [0.1, 0.15) is 0 Å². The molecule has 1 aliphatic heterocycles. The van der Waals surface area contributed by atoms with E-state index in [0.29, 0.717) is 38.1 Å². The molecule has 0 aliphatic carbocycles. The minimum atomic E-state index is -0.157. The SMILES string of the molecule is COCCNC(=O)c1cnn2c1C[C@H](NC(=O)Cc1ccccc1C)C2. The Balaban J connectivity index is 1.56. The Morgan fingerprint density at radius 2 is 2.15 bits per heavy atom. The molecule has 0 saturated carbocycles. The van der Waals surface area contributed by atoms with Crippen molar-refractivity contribution < 1.29 is 14.3 Å². The summed E-state index contributed by atoms with van der Waals surface area (Å²) in [6.07, 6.45) is 2.55. The van der Waals surface area contributed by atoms with Gasteiger partial charge in [0.05, 0.1) is 43.1 Å². The fraction of sp³-hybridized carbons (Fsp3) is 0.421. The van der Waals surface area contributed by atoms with E-state index < -0.39 is 0 Å². The lowest BCUT2D eigenvalue weighted by atomic mass is 10.1. The van der Waals surface area contributed by atoms with Crippen LogP contribution in [0.25, 0.3) is 0 Å². The lowest BCUT2D eigenvalue weighted by Crippen LogP contribution is -2.37. The van der Waals surface area contributed by atoms with Crippen molar-refractivity contribution in [2.24, 2.45) is 0 Å². The molecule has 138 valence electrons. The molecule has 0 spiro atoms. The van der Waals surface area contributed by atoms with Gasteiger partial charge < -0.3 is 15.4 Å². The van der Waals surface area contributed by atoms with Gasteiger partial charge in [-0.15, -0.1) is 0 Å². The van der Waals surface area contributed by atoms with Crippen LogP contribution in [0, 0.1) is 6.92 Å². The number of aryl methyl sites for hydroxylation is 1. The third-order valence-electron chi connectivity index (χ3n) is 4.60. The number of aromatic nitrogens is 2. The second kappa shape index (κ2) is 8.14. The van der Waals surface area contributed by atoms with Gasteiger partial charge in [-0.25, -0.2) is 0 Å². The highest BCUT2D eigenvalue weighted by Gasteiger charge is 2.28. The molecule has 1 aromatic heterocycles. The zero-order valence-corrected chi connectivity index (χ0v) is 15.1. The van der Waals surface area contributed by atoms with Crippen LogP contribution < -0.4 is 10.6 Å². The van der Waals surface area contributed by atoms with Gasteiger partial charge in [0.2, 0.25) is 5.91 Å². The smallest absolute Gasteiger partial charge is 0.254 e. The number of nitrogens with zero attached hydrogens (tertiary/aromatic N) is 2. The highest BCUT2D eigenvalue weighted by atomic mass is 16.5. The number of amides is 2. The van der Waals surface area contributed by atoms with Gasteiger partial charge in [-0.05, 0) is 18.1 Å². The van der Waals surface area contributed by atoms with Gasteiger partial charge in [-0.1, -0.05) is 24.3 Å². The van der Waals surface area contributed by atoms with Crippen molar-refractivity contribution in [3.63, 3.8) is 0 Å². The number of hydrogen-bond acceptors (Lipinski definition) is 4. The Morgan fingerprint density at radius 3 is 2.92 bits per heavy atom. The second-order valence-corrected chi connectivity index (χ2v) is 6.51. The van der Waals surface area contributed by atoms with Crippen molar-refractivity contribution in [1.82, 2.24) is 20.4 Å². The van der Waals surface area contributed by atoms with Crippen LogP contribution in [0.3, 0.4) is 0 Å². The molecular weight excluding hydrogens is 332 g/mol. The largest absolute Gasteiger partial charge is 0.383 e. The maximum absolute atomic E-state index is 12.4. The molecule has 1 aliphatic rings. The molecule has 26 heavy (non-hydrogen) atoms. The van der Waals surface area contributed by atoms with E-state index in [1.165, 1.54) is 0 Å². The zero-order valence-electron chi connectivity index (χ0n) is 15.1. The Hall–Kier alpha value is -2.67. The predicted octanol–water partition coefficient (Wildman–Crippen LogP) is 0.851. The number of nitrogens with one attached hydrogen (secondary N) is 2. The first-order chi connectivity index (χ1) is 12.6. The highest BCUT2D eigenvalue weighted by Crippen LogP contribution is 2.19. The van der Waals surface area contributed by atoms with E-state index in [0.717, 1.165) is 16.8 Å². The van der Waals surface area contributed by atoms with Gasteiger partial charge >= 0.3 is 0 Å². The quantitative estimate of drug-likeness (QED) is 0.721. The molecule has 2 N–H and O–H groups in total. The van der Waals surface area contributed by atoms with Crippen molar-refractivity contribution in [3.8, 4) is 0 Å². The molecule has 7 heteroatoms. The van der Waals surface area contributed by atoms with E-state index in [4.69, 9.17) is 4.74 Å². The van der Waals surface area contributed by atoms with Gasteiger partial charge in [0.15, 0.2) is 0 Å². The Kier molecular flexibility index (Phi) is 5.68. The molecule has 1 aromatic carbocycles. The van der Waals surface area contributed by atoms with Crippen molar-refractivity contribution in [2.75, 3.05) is 20.3 Å². The molecule has 0 fully saturated rings. The number of carbonyl (C=O) groups excluding carboxylic acids is 2. The van der Waals surface area contributed by atoms with Gasteiger partial charge in [0, 0.05) is 20.1 Å². The van der Waals surface area contributed by atoms with Crippen molar-refractivity contribution >= 4 is 11.8 Å². The summed E-state index contributed by atoms with van der Waals surface area (Å²) in [6.45, 7) is 3.51. The maximum Gasteiger partial charge on any atom is 0.254 e. The van der Waals surface area contributed by atoms with E-state index >= 15 is 0 Å². The first kappa shape index (κ1) is 18.1. The summed E-state index contributed by atoms with van der Waals surface area (Å²) in [6, 6.07) is 7.83. The van der Waals surface area contributed by atoms with E-state index in [-0.39, 0.29) is 17.9 Å². The fourth-order valence-electron chi connectivity index (χ4n) is 3.20. The Morgan fingerprint density at radius 1 is 1.35 bits per heavy atom. The Bertz CT molecular complexity index is 800. The number of rotatable bonds is 7. The number of carbonyl (C=O) groups is 2. The highest BCUT2D eigenvalue weighted by molar-refractivity contribution is 5.95. The van der Waals surface area contributed by atoms with Crippen LogP contribution in [0.5, 0.6) is 0 Å². The first-order valence-corrected chi connectivity index (χ1v) is 8.74. The van der Waals surface area contributed by atoms with Gasteiger partial charge in [0.25, 0.3) is 5.91 Å². The van der Waals surface area contributed by atoms with Crippen LogP contribution in [0.4, 0.5) is 0 Å². The summed E-state index contributed by atoms with van der Waals surface area (Å²) >= 11 is 0. The van der Waals surface area contributed by atoms with Crippen molar-refractivity contribution in [3.05, 3.63) is 52.8 Å². The van der Waals surface area contributed by atoms with Gasteiger partial charge in [-0.3, -0.25) is 14.3 Å². The monoisotopic (exact) mass is 356 g/mol. The van der Waals surface area contributed by atoms with Crippen LogP contribution in [0.15, 0.2) is 30.5 Å². The summed E-state index contributed by atoms with van der Waals surface area (Å²) in [4.78, 5) is 24.6. The summed E-state index contributed by atoms with van der Waals surface area (Å²) in [5.41, 5.74) is 3.56. The van der Waals surface area contributed by atoms with E-state index in [9.17, 15) is 9.59 Å². The third-order valence-corrected chi connectivity index (χ3v) is 4.60. The van der Waals surface area contributed by atoms with E-state index in [1.807, 2.05) is 31.2 Å². The maximum atomic E-state index is 12.4. The molecule has 3 rings (SSSR count). The van der Waals surface area contributed by atoms with Crippen LogP contribution >= 0.6 is 0 Å². The minimum Gasteiger partial charge on any atom is -0.383 e. The van der Waals surface area contributed by atoms with Gasteiger partial charge in [-0.2, -0.15) is 5.10 Å². The molecule has 0 radical (unpaired) electrons. The molecule has 2 heterocycles. The molecule has 0 saturated heterocycles. The van der Waals surface area contributed by atoms with E-state index in [1.54, 1.807) is 18.0 Å². The Labute approximate surface area is 152 Å². The average molecular weight is 356 g/mol. The lowest BCUT2D eigenvalue weighted by Gasteiger charge is -2.12. The molecule has 2 aromatic rings. The molecule has 0 bridgehead atoms. The van der Waals surface area contributed by atoms with Crippen molar-refractivity contribution in [1.29, 1.82) is 0 Å². The number of ether oxygens (including phenoxy) is 1. The summed E-state index contributed by atoms with van der Waals surface area (Å²) < 4.78 is 6.73. The number of benzene rings is 1. The average Bonchev–Trinajstić information content (AvgIpc) is 3.17. The number of fused-ring (bicyclic) bond motifs is 1. The number of methoxy groups -OCH3 is 1. The standard InChI is InChI=1S/C19H24N4O3/c1-13-5-3-4-6-14(13)9-18(24)22-15-10-17-16(11-21-23(17)12-15)19(25)20-7-8-26-2/h3-6,11,15H,7-10,12H2,1-2H3,(H,20,25)(H,22,24)/t15-/m0/s1. The molecule has 0 unspecified atom stereocenters. The lowest BCUT2D eigenvalue weighted by molar-refractivity contribution is -0.121. The summed E-state index contributed by atoms with van der Waals surface area (Å²) in [7, 11) is 1.59. The second-order valence-electron chi connectivity index (χ2n) is 6.51. The molecule has 7 nitrogen and oxygen atoms in total. The molecular formula is C19H24N4O3. The van der Waals surface area contributed by atoms with Crippen LogP contribution in [0.1, 0.15) is 27.2 Å². The molecule has 2 amide bonds.